The number of carbonyl (C=O) groups excluding carboxylic acids is 1. The Morgan fingerprint density at radius 3 is 2.30 bits per heavy atom. The Bertz CT molecular complexity index is 1250. The van der Waals surface area contributed by atoms with E-state index >= 15 is 0 Å². The first-order valence-corrected chi connectivity index (χ1v) is 11.9. The number of thioether (sulfide) groups is 1. The molecule has 0 saturated carbocycles. The molecule has 1 heterocycles. The van der Waals surface area contributed by atoms with Crippen LogP contribution in [0.1, 0.15) is 28.5 Å². The lowest BCUT2D eigenvalue weighted by molar-refractivity contribution is 0.0527. The first kappa shape index (κ1) is 23.0. The van der Waals surface area contributed by atoms with Gasteiger partial charge in [-0.2, -0.15) is 0 Å². The molecule has 0 amide bonds. The Kier molecular flexibility index (Phi) is 7.06. The second-order valence-electron chi connectivity index (χ2n) is 8.01. The summed E-state index contributed by atoms with van der Waals surface area (Å²) in [5.74, 6) is 0.379. The maximum absolute atomic E-state index is 13.3. The molecule has 0 bridgehead atoms. The lowest BCUT2D eigenvalue weighted by Gasteiger charge is -2.14. The van der Waals surface area contributed by atoms with Crippen molar-refractivity contribution >= 4 is 28.6 Å². The monoisotopic (exact) mass is 460 g/mol. The van der Waals surface area contributed by atoms with Crippen LogP contribution in [0.4, 0.5) is 0 Å². The summed E-state index contributed by atoms with van der Waals surface area (Å²) in [6, 6.07) is 23.7. The molecule has 0 aliphatic heterocycles. The summed E-state index contributed by atoms with van der Waals surface area (Å²) < 4.78 is 7.64. The van der Waals surface area contributed by atoms with Crippen molar-refractivity contribution in [1.82, 2.24) is 9.47 Å². The fourth-order valence-corrected chi connectivity index (χ4v) is 4.99. The van der Waals surface area contributed by atoms with Gasteiger partial charge in [-0.3, -0.25) is 0 Å². The average molecular weight is 461 g/mol. The summed E-state index contributed by atoms with van der Waals surface area (Å²) in [5.41, 5.74) is 3.94. The van der Waals surface area contributed by atoms with Crippen LogP contribution >= 0.6 is 11.8 Å². The fourth-order valence-electron chi connectivity index (χ4n) is 4.07. The molecule has 0 fully saturated rings. The number of para-hydroxylation sites is 1. The molecule has 0 radical (unpaired) electrons. The van der Waals surface area contributed by atoms with Crippen LogP contribution in [-0.2, 0) is 17.0 Å². The lowest BCUT2D eigenvalue weighted by Crippen LogP contribution is -2.13. The number of benzene rings is 3. The number of aromatic hydroxyl groups is 1. The summed E-state index contributed by atoms with van der Waals surface area (Å²) >= 11 is 1.67. The molecule has 6 heteroatoms. The van der Waals surface area contributed by atoms with E-state index in [0.29, 0.717) is 17.9 Å². The van der Waals surface area contributed by atoms with Crippen molar-refractivity contribution in [3.8, 4) is 11.4 Å². The smallest absolute Gasteiger partial charge is 0.340 e. The fraction of sp³-hybridized carbons (Fsp3) is 0.222. The minimum absolute atomic E-state index is 0.175. The maximum atomic E-state index is 13.3. The van der Waals surface area contributed by atoms with E-state index in [4.69, 9.17) is 4.74 Å². The summed E-state index contributed by atoms with van der Waals surface area (Å²) in [6.07, 6.45) is 0. The molecule has 170 valence electrons. The minimum Gasteiger partial charge on any atom is -0.508 e. The highest BCUT2D eigenvalue weighted by Gasteiger charge is 2.28. The Hall–Kier alpha value is -3.22. The minimum atomic E-state index is -0.369. The van der Waals surface area contributed by atoms with Crippen LogP contribution in [0.25, 0.3) is 16.6 Å². The van der Waals surface area contributed by atoms with Gasteiger partial charge < -0.3 is 19.3 Å². The van der Waals surface area contributed by atoms with Gasteiger partial charge in [-0.15, -0.1) is 11.8 Å². The molecule has 0 atom stereocenters. The quantitative estimate of drug-likeness (QED) is 0.263. The van der Waals surface area contributed by atoms with Gasteiger partial charge in [0.15, 0.2) is 0 Å². The molecule has 5 nitrogen and oxygen atoms in total. The highest BCUT2D eigenvalue weighted by molar-refractivity contribution is 7.98. The van der Waals surface area contributed by atoms with Gasteiger partial charge in [-0.05, 0) is 57.4 Å². The third kappa shape index (κ3) is 4.77. The Morgan fingerprint density at radius 1 is 1.00 bits per heavy atom. The predicted octanol–water partition coefficient (Wildman–Crippen LogP) is 5.87. The van der Waals surface area contributed by atoms with Crippen molar-refractivity contribution in [1.29, 1.82) is 0 Å². The molecular weight excluding hydrogens is 432 g/mol. The average Bonchev–Trinajstić information content (AvgIpc) is 3.15. The highest BCUT2D eigenvalue weighted by Crippen LogP contribution is 2.39. The summed E-state index contributed by atoms with van der Waals surface area (Å²) in [5, 5.41) is 11.5. The molecule has 0 spiro atoms. The number of hydrogen-bond acceptors (Lipinski definition) is 5. The third-order valence-corrected chi connectivity index (χ3v) is 6.43. The summed E-state index contributed by atoms with van der Waals surface area (Å²) in [6.45, 7) is 2.59. The van der Waals surface area contributed by atoms with Gasteiger partial charge in [-0.1, -0.05) is 36.4 Å². The molecule has 4 rings (SSSR count). The number of aromatic nitrogens is 1. The van der Waals surface area contributed by atoms with Crippen LogP contribution in [0.5, 0.6) is 5.75 Å². The number of hydrogen-bond donors (Lipinski definition) is 1. The van der Waals surface area contributed by atoms with Crippen LogP contribution < -0.4 is 0 Å². The molecule has 0 aliphatic carbocycles. The van der Waals surface area contributed by atoms with Gasteiger partial charge in [0.05, 0.1) is 17.7 Å². The largest absolute Gasteiger partial charge is 0.508 e. The van der Waals surface area contributed by atoms with E-state index in [-0.39, 0.29) is 18.3 Å². The number of ether oxygens (including phenoxy) is 1. The molecule has 3 aromatic carbocycles. The number of nitrogens with zero attached hydrogens (tertiary/aromatic N) is 2. The van der Waals surface area contributed by atoms with Crippen molar-refractivity contribution in [2.24, 2.45) is 0 Å². The van der Waals surface area contributed by atoms with E-state index in [0.717, 1.165) is 32.7 Å². The molecule has 0 aliphatic rings. The standard InChI is InChI=1S/C27H28N2O3S/c1-4-32-27(31)26-23(18-33-20-13-9-6-10-14-20)29(19-11-7-5-8-12-19)22-15-16-24(30)21(25(22)26)17-28(2)3/h5-16,30H,4,17-18H2,1-3H3. The van der Waals surface area contributed by atoms with E-state index < -0.39 is 0 Å². The number of phenolic OH excluding ortho intramolecular Hbond substituents is 1. The zero-order valence-corrected chi connectivity index (χ0v) is 19.9. The molecule has 0 saturated heterocycles. The van der Waals surface area contributed by atoms with Gasteiger partial charge in [-0.25, -0.2) is 4.79 Å². The summed E-state index contributed by atoms with van der Waals surface area (Å²) in [7, 11) is 3.89. The molecule has 4 aromatic rings. The van der Waals surface area contributed by atoms with E-state index in [9.17, 15) is 9.90 Å². The molecular formula is C27H28N2O3S. The van der Waals surface area contributed by atoms with E-state index in [2.05, 4.69) is 16.7 Å². The van der Waals surface area contributed by atoms with E-state index in [1.165, 1.54) is 0 Å². The molecule has 33 heavy (non-hydrogen) atoms. The topological polar surface area (TPSA) is 54.7 Å². The third-order valence-electron chi connectivity index (χ3n) is 5.40. The van der Waals surface area contributed by atoms with Gasteiger partial charge in [0.1, 0.15) is 5.75 Å². The second-order valence-corrected chi connectivity index (χ2v) is 9.06. The van der Waals surface area contributed by atoms with Gasteiger partial charge in [0.2, 0.25) is 0 Å². The molecule has 1 aromatic heterocycles. The van der Waals surface area contributed by atoms with Crippen LogP contribution in [0.15, 0.2) is 77.7 Å². The molecule has 1 N–H and O–H groups in total. The number of fused-ring (bicyclic) bond motifs is 1. The second kappa shape index (κ2) is 10.1. The molecule has 0 unspecified atom stereocenters. The van der Waals surface area contributed by atoms with Crippen molar-refractivity contribution < 1.29 is 14.6 Å². The summed E-state index contributed by atoms with van der Waals surface area (Å²) in [4.78, 5) is 16.5. The normalized spacial score (nSPS) is 11.3. The van der Waals surface area contributed by atoms with Crippen LogP contribution in [0.3, 0.4) is 0 Å². The van der Waals surface area contributed by atoms with Gasteiger partial charge >= 0.3 is 5.97 Å². The number of carbonyl (C=O) groups is 1. The van der Waals surface area contributed by atoms with Crippen molar-refractivity contribution in [3.05, 3.63) is 89.6 Å². The lowest BCUT2D eigenvalue weighted by atomic mass is 10.0. The SMILES string of the molecule is CCOC(=O)c1c(CSc2ccccc2)n(-c2ccccc2)c2ccc(O)c(CN(C)C)c12. The van der Waals surface area contributed by atoms with Crippen LogP contribution in [0.2, 0.25) is 0 Å². The first-order valence-electron chi connectivity index (χ1n) is 10.9. The van der Waals surface area contributed by atoms with Crippen molar-refractivity contribution in [2.75, 3.05) is 20.7 Å². The number of esters is 1. The van der Waals surface area contributed by atoms with Gasteiger partial charge in [0, 0.05) is 39.5 Å². The van der Waals surface area contributed by atoms with Crippen molar-refractivity contribution in [2.45, 2.75) is 24.1 Å². The Balaban J connectivity index is 2.02. The predicted molar refractivity (Wildman–Crippen MR) is 134 cm³/mol. The van der Waals surface area contributed by atoms with E-state index in [1.54, 1.807) is 17.8 Å². The highest BCUT2D eigenvalue weighted by atomic mass is 32.2. The zero-order chi connectivity index (χ0) is 23.4. The maximum Gasteiger partial charge on any atom is 0.340 e. The van der Waals surface area contributed by atoms with Crippen LogP contribution in [-0.4, -0.2) is 41.2 Å². The Morgan fingerprint density at radius 2 is 1.67 bits per heavy atom. The van der Waals surface area contributed by atoms with Crippen molar-refractivity contribution in [3.63, 3.8) is 0 Å². The zero-order valence-electron chi connectivity index (χ0n) is 19.1. The first-order chi connectivity index (χ1) is 16.0. The number of rotatable bonds is 8. The number of phenols is 1. The van der Waals surface area contributed by atoms with Crippen LogP contribution in [0, 0.1) is 0 Å². The Labute approximate surface area is 198 Å². The van der Waals surface area contributed by atoms with Gasteiger partial charge in [0.25, 0.3) is 0 Å². The van der Waals surface area contributed by atoms with E-state index in [1.807, 2.05) is 80.5 Å².